The predicted molar refractivity (Wildman–Crippen MR) is 93.9 cm³/mol. The van der Waals surface area contributed by atoms with Crippen molar-refractivity contribution in [2.24, 2.45) is 0 Å². The van der Waals surface area contributed by atoms with E-state index in [1.54, 1.807) is 7.05 Å². The molecule has 1 aromatic rings. The standard InChI is InChI=1S/C17H17N3O4S/c1-18-12-5-3-2-4-11(12)13(15(18)21)14-16(22)20(17(23)25-14)10-19-6-8-24-9-7-19/h2-5H,6-10H2,1H3/b14-13+. The number of carbonyl (C=O) groups is 3. The van der Waals surface area contributed by atoms with Crippen molar-refractivity contribution in [2.75, 3.05) is 44.9 Å². The van der Waals surface area contributed by atoms with Gasteiger partial charge in [-0.2, -0.15) is 0 Å². The summed E-state index contributed by atoms with van der Waals surface area (Å²) in [5.74, 6) is -0.645. The van der Waals surface area contributed by atoms with Crippen molar-refractivity contribution in [1.82, 2.24) is 9.80 Å². The second kappa shape index (κ2) is 6.29. The molecule has 2 saturated heterocycles. The fourth-order valence-electron chi connectivity index (χ4n) is 3.20. The van der Waals surface area contributed by atoms with Crippen LogP contribution in [-0.2, 0) is 14.3 Å². The quantitative estimate of drug-likeness (QED) is 0.743. The molecule has 0 aromatic heterocycles. The molecule has 130 valence electrons. The number of imide groups is 1. The number of carbonyl (C=O) groups excluding carboxylic acids is 3. The van der Waals surface area contributed by atoms with E-state index in [1.807, 2.05) is 29.2 Å². The Bertz CT molecular complexity index is 801. The van der Waals surface area contributed by atoms with Crippen LogP contribution < -0.4 is 4.90 Å². The number of benzene rings is 1. The number of para-hydroxylation sites is 1. The minimum absolute atomic E-state index is 0.222. The van der Waals surface area contributed by atoms with Crippen LogP contribution in [-0.4, -0.2) is 66.9 Å². The second-order valence-corrected chi connectivity index (χ2v) is 7.02. The van der Waals surface area contributed by atoms with Crippen molar-refractivity contribution in [2.45, 2.75) is 0 Å². The highest BCUT2D eigenvalue weighted by Gasteiger charge is 2.43. The van der Waals surface area contributed by atoms with Gasteiger partial charge in [-0.15, -0.1) is 0 Å². The zero-order valence-electron chi connectivity index (χ0n) is 13.7. The molecule has 4 rings (SSSR count). The Labute approximate surface area is 149 Å². The van der Waals surface area contributed by atoms with E-state index in [0.717, 1.165) is 17.4 Å². The Morgan fingerprint density at radius 3 is 2.56 bits per heavy atom. The van der Waals surface area contributed by atoms with Crippen molar-refractivity contribution in [3.8, 4) is 0 Å². The third kappa shape index (κ3) is 2.66. The van der Waals surface area contributed by atoms with Crippen LogP contribution in [0.15, 0.2) is 29.2 Å². The highest BCUT2D eigenvalue weighted by molar-refractivity contribution is 8.18. The number of ether oxygens (including phenoxy) is 1. The Hall–Kier alpha value is -2.16. The zero-order chi connectivity index (χ0) is 17.6. The number of likely N-dealkylation sites (N-methyl/N-ethyl adjacent to an activating group) is 1. The summed E-state index contributed by atoms with van der Waals surface area (Å²) in [5, 5.41) is -0.334. The highest BCUT2D eigenvalue weighted by Crippen LogP contribution is 2.43. The van der Waals surface area contributed by atoms with E-state index in [2.05, 4.69) is 0 Å². The lowest BCUT2D eigenvalue weighted by atomic mass is 10.1. The molecule has 0 atom stereocenters. The number of amides is 3. The smallest absolute Gasteiger partial charge is 0.294 e. The predicted octanol–water partition coefficient (Wildman–Crippen LogP) is 1.36. The minimum Gasteiger partial charge on any atom is -0.379 e. The van der Waals surface area contributed by atoms with Gasteiger partial charge in [0, 0.05) is 25.7 Å². The van der Waals surface area contributed by atoms with E-state index in [0.29, 0.717) is 37.4 Å². The molecular formula is C17H17N3O4S. The Kier molecular flexibility index (Phi) is 4.10. The first-order chi connectivity index (χ1) is 12.1. The molecule has 25 heavy (non-hydrogen) atoms. The number of rotatable bonds is 2. The number of nitrogens with zero attached hydrogens (tertiary/aromatic N) is 3. The topological polar surface area (TPSA) is 70.2 Å². The van der Waals surface area contributed by atoms with Crippen molar-refractivity contribution >= 4 is 40.1 Å². The van der Waals surface area contributed by atoms with Crippen molar-refractivity contribution in [3.63, 3.8) is 0 Å². The first-order valence-corrected chi connectivity index (χ1v) is 8.85. The molecule has 3 aliphatic rings. The van der Waals surface area contributed by atoms with Crippen LogP contribution >= 0.6 is 11.8 Å². The molecule has 3 amide bonds. The number of hydrogen-bond acceptors (Lipinski definition) is 6. The van der Waals surface area contributed by atoms with Gasteiger partial charge in [-0.25, -0.2) is 0 Å². The zero-order valence-corrected chi connectivity index (χ0v) is 14.5. The van der Waals surface area contributed by atoms with E-state index in [9.17, 15) is 14.4 Å². The van der Waals surface area contributed by atoms with Crippen LogP contribution in [0.1, 0.15) is 5.56 Å². The van der Waals surface area contributed by atoms with Crippen LogP contribution in [0.3, 0.4) is 0 Å². The number of hydrogen-bond donors (Lipinski definition) is 0. The van der Waals surface area contributed by atoms with E-state index in [-0.39, 0.29) is 22.7 Å². The third-order valence-corrected chi connectivity index (χ3v) is 5.55. The summed E-state index contributed by atoms with van der Waals surface area (Å²) in [5.41, 5.74) is 1.78. The maximum atomic E-state index is 12.8. The van der Waals surface area contributed by atoms with Gasteiger partial charge in [0.05, 0.1) is 36.0 Å². The van der Waals surface area contributed by atoms with E-state index in [4.69, 9.17) is 4.74 Å². The van der Waals surface area contributed by atoms with Gasteiger partial charge in [0.25, 0.3) is 17.1 Å². The number of morpholine rings is 1. The van der Waals surface area contributed by atoms with Crippen molar-refractivity contribution in [1.29, 1.82) is 0 Å². The largest absolute Gasteiger partial charge is 0.379 e. The summed E-state index contributed by atoms with van der Waals surface area (Å²) in [6.07, 6.45) is 0. The molecule has 0 saturated carbocycles. The average Bonchev–Trinajstić information content (AvgIpc) is 3.04. The van der Waals surface area contributed by atoms with Crippen molar-refractivity contribution in [3.05, 3.63) is 34.7 Å². The number of thioether (sulfide) groups is 1. The number of fused-ring (bicyclic) bond motifs is 1. The molecule has 3 aliphatic heterocycles. The molecule has 0 unspecified atom stereocenters. The van der Waals surface area contributed by atoms with Crippen LogP contribution in [0.25, 0.3) is 5.57 Å². The first-order valence-electron chi connectivity index (χ1n) is 8.03. The molecule has 0 spiro atoms. The van der Waals surface area contributed by atoms with Gasteiger partial charge >= 0.3 is 0 Å². The average molecular weight is 359 g/mol. The van der Waals surface area contributed by atoms with Gasteiger partial charge in [0.2, 0.25) is 0 Å². The van der Waals surface area contributed by atoms with Crippen molar-refractivity contribution < 1.29 is 19.1 Å². The highest BCUT2D eigenvalue weighted by atomic mass is 32.2. The Balaban J connectivity index is 1.67. The third-order valence-electron chi connectivity index (χ3n) is 4.57. The monoisotopic (exact) mass is 359 g/mol. The van der Waals surface area contributed by atoms with E-state index >= 15 is 0 Å². The fraction of sp³-hybridized carbons (Fsp3) is 0.353. The Morgan fingerprint density at radius 1 is 1.08 bits per heavy atom. The van der Waals surface area contributed by atoms with E-state index < -0.39 is 5.91 Å². The summed E-state index contributed by atoms with van der Waals surface area (Å²) in [7, 11) is 1.67. The molecule has 0 bridgehead atoms. The summed E-state index contributed by atoms with van der Waals surface area (Å²) in [6, 6.07) is 7.30. The molecule has 2 fully saturated rings. The lowest BCUT2D eigenvalue weighted by Crippen LogP contribution is -2.45. The minimum atomic E-state index is -0.394. The molecule has 3 heterocycles. The second-order valence-electron chi connectivity index (χ2n) is 6.06. The molecule has 8 heteroatoms. The van der Waals surface area contributed by atoms with Gasteiger partial charge in [-0.1, -0.05) is 18.2 Å². The maximum Gasteiger partial charge on any atom is 0.294 e. The lowest BCUT2D eigenvalue weighted by Gasteiger charge is -2.29. The molecular weight excluding hydrogens is 342 g/mol. The first kappa shape index (κ1) is 16.3. The van der Waals surface area contributed by atoms with Crippen LogP contribution in [0.5, 0.6) is 0 Å². The van der Waals surface area contributed by atoms with Crippen LogP contribution in [0, 0.1) is 0 Å². The normalized spacial score (nSPS) is 24.4. The molecule has 0 N–H and O–H groups in total. The molecule has 1 aromatic carbocycles. The van der Waals surface area contributed by atoms with E-state index in [1.165, 1.54) is 9.80 Å². The molecule has 0 radical (unpaired) electrons. The van der Waals surface area contributed by atoms with Gasteiger partial charge in [-0.05, 0) is 17.8 Å². The SMILES string of the molecule is CN1C(=O)/C(=C2/SC(=O)N(CN3CCOCC3)C2=O)c2ccccc21. The summed E-state index contributed by atoms with van der Waals surface area (Å²) in [4.78, 5) is 42.8. The maximum absolute atomic E-state index is 12.8. The van der Waals surface area contributed by atoms with Gasteiger partial charge in [-0.3, -0.25) is 24.2 Å². The van der Waals surface area contributed by atoms with Gasteiger partial charge < -0.3 is 9.64 Å². The Morgan fingerprint density at radius 2 is 1.80 bits per heavy atom. The summed E-state index contributed by atoms with van der Waals surface area (Å²) < 4.78 is 5.29. The summed E-state index contributed by atoms with van der Waals surface area (Å²) in [6.45, 7) is 2.77. The number of anilines is 1. The molecule has 0 aliphatic carbocycles. The van der Waals surface area contributed by atoms with Crippen LogP contribution in [0.2, 0.25) is 0 Å². The van der Waals surface area contributed by atoms with Gasteiger partial charge in [0.1, 0.15) is 0 Å². The summed E-state index contributed by atoms with van der Waals surface area (Å²) >= 11 is 0.849. The van der Waals surface area contributed by atoms with Crippen LogP contribution in [0.4, 0.5) is 10.5 Å². The fourth-order valence-corrected chi connectivity index (χ4v) is 4.13. The van der Waals surface area contributed by atoms with Gasteiger partial charge in [0.15, 0.2) is 0 Å². The lowest BCUT2D eigenvalue weighted by molar-refractivity contribution is -0.125. The molecule has 7 nitrogen and oxygen atoms in total.